The van der Waals surface area contributed by atoms with E-state index in [1.54, 1.807) is 29.2 Å². The van der Waals surface area contributed by atoms with Crippen LogP contribution in [0.3, 0.4) is 0 Å². The third-order valence-corrected chi connectivity index (χ3v) is 3.59. The Labute approximate surface area is 136 Å². The lowest BCUT2D eigenvalue weighted by Gasteiger charge is -2.25. The Morgan fingerprint density at radius 2 is 1.96 bits per heavy atom. The average Bonchev–Trinajstić information content (AvgIpc) is 2.61. The van der Waals surface area contributed by atoms with Crippen LogP contribution in [0.25, 0.3) is 0 Å². The molecule has 0 unspecified atom stereocenters. The lowest BCUT2D eigenvalue weighted by atomic mass is 10.1. The quantitative estimate of drug-likeness (QED) is 0.892. The van der Waals surface area contributed by atoms with Gasteiger partial charge in [0, 0.05) is 25.3 Å². The van der Waals surface area contributed by atoms with Gasteiger partial charge in [-0.1, -0.05) is 43.3 Å². The molecule has 4 nitrogen and oxygen atoms in total. The molecule has 0 aliphatic carbocycles. The van der Waals surface area contributed by atoms with Crippen LogP contribution in [0.2, 0.25) is 0 Å². The van der Waals surface area contributed by atoms with Crippen molar-refractivity contribution in [2.45, 2.75) is 13.5 Å². The van der Waals surface area contributed by atoms with Gasteiger partial charge in [-0.2, -0.15) is 5.26 Å². The van der Waals surface area contributed by atoms with Crippen molar-refractivity contribution in [2.75, 3.05) is 13.2 Å². The standard InChI is InChI=1S/C19H20N2O2/c1-15(14-22)12-21(13-16-6-3-2-4-7-16)19(23)18-9-5-8-17(10-18)11-20/h2-10,15,22H,12-14H2,1H3/t15-/m0/s1. The first-order chi connectivity index (χ1) is 11.1. The molecule has 0 saturated heterocycles. The summed E-state index contributed by atoms with van der Waals surface area (Å²) in [5.74, 6) is -0.145. The fraction of sp³-hybridized carbons (Fsp3) is 0.263. The molecule has 118 valence electrons. The molecule has 0 aliphatic rings. The Kier molecular flexibility index (Phi) is 5.90. The maximum Gasteiger partial charge on any atom is 0.254 e. The monoisotopic (exact) mass is 308 g/mol. The van der Waals surface area contributed by atoms with Crippen LogP contribution in [0.5, 0.6) is 0 Å². The predicted octanol–water partition coefficient (Wildman–Crippen LogP) is 2.83. The highest BCUT2D eigenvalue weighted by molar-refractivity contribution is 5.94. The van der Waals surface area contributed by atoms with Crippen LogP contribution in [0.4, 0.5) is 0 Å². The summed E-state index contributed by atoms with van der Waals surface area (Å²) in [4.78, 5) is 14.5. The Bertz CT molecular complexity index is 692. The van der Waals surface area contributed by atoms with E-state index in [0.717, 1.165) is 5.56 Å². The van der Waals surface area contributed by atoms with Crippen molar-refractivity contribution >= 4 is 5.91 Å². The van der Waals surface area contributed by atoms with E-state index >= 15 is 0 Å². The van der Waals surface area contributed by atoms with E-state index in [4.69, 9.17) is 5.26 Å². The molecule has 4 heteroatoms. The minimum absolute atomic E-state index is 0.0122. The van der Waals surface area contributed by atoms with Crippen LogP contribution in [0.15, 0.2) is 54.6 Å². The van der Waals surface area contributed by atoms with Crippen LogP contribution in [-0.2, 0) is 6.54 Å². The van der Waals surface area contributed by atoms with Gasteiger partial charge >= 0.3 is 0 Å². The summed E-state index contributed by atoms with van der Waals surface area (Å²) in [5, 5.41) is 18.3. The van der Waals surface area contributed by atoms with E-state index in [9.17, 15) is 9.90 Å². The molecule has 2 aromatic carbocycles. The maximum atomic E-state index is 12.8. The molecule has 0 radical (unpaired) electrons. The molecule has 0 spiro atoms. The van der Waals surface area contributed by atoms with Gasteiger partial charge in [-0.3, -0.25) is 4.79 Å². The SMILES string of the molecule is C[C@H](CO)CN(Cc1ccccc1)C(=O)c1cccc(C#N)c1. The van der Waals surface area contributed by atoms with Crippen LogP contribution in [-0.4, -0.2) is 29.1 Å². The van der Waals surface area contributed by atoms with Crippen molar-refractivity contribution < 1.29 is 9.90 Å². The molecule has 0 fully saturated rings. The first-order valence-electron chi connectivity index (χ1n) is 7.58. The van der Waals surface area contributed by atoms with Crippen molar-refractivity contribution in [1.29, 1.82) is 5.26 Å². The number of benzene rings is 2. The van der Waals surface area contributed by atoms with E-state index < -0.39 is 0 Å². The van der Waals surface area contributed by atoms with Crippen LogP contribution < -0.4 is 0 Å². The van der Waals surface area contributed by atoms with Gasteiger partial charge < -0.3 is 10.0 Å². The second-order valence-corrected chi connectivity index (χ2v) is 5.65. The number of carbonyl (C=O) groups excluding carboxylic acids is 1. The molecular formula is C19H20N2O2. The molecule has 1 N–H and O–H groups in total. The molecule has 0 saturated carbocycles. The van der Waals surface area contributed by atoms with E-state index in [1.165, 1.54) is 0 Å². The average molecular weight is 308 g/mol. The molecule has 2 rings (SSSR count). The number of carbonyl (C=O) groups is 1. The molecule has 0 aliphatic heterocycles. The molecular weight excluding hydrogens is 288 g/mol. The summed E-state index contributed by atoms with van der Waals surface area (Å²) >= 11 is 0. The molecule has 1 atom stereocenters. The number of aliphatic hydroxyl groups is 1. The number of hydrogen-bond donors (Lipinski definition) is 1. The predicted molar refractivity (Wildman–Crippen MR) is 88.6 cm³/mol. The molecule has 23 heavy (non-hydrogen) atoms. The Morgan fingerprint density at radius 1 is 1.22 bits per heavy atom. The van der Waals surface area contributed by atoms with Crippen molar-refractivity contribution in [2.24, 2.45) is 5.92 Å². The largest absolute Gasteiger partial charge is 0.396 e. The van der Waals surface area contributed by atoms with Gasteiger partial charge in [-0.15, -0.1) is 0 Å². The van der Waals surface area contributed by atoms with Crippen molar-refractivity contribution in [1.82, 2.24) is 4.90 Å². The number of hydrogen-bond acceptors (Lipinski definition) is 3. The molecule has 1 amide bonds. The zero-order chi connectivity index (χ0) is 16.7. The summed E-state index contributed by atoms with van der Waals surface area (Å²) in [6.45, 7) is 2.86. The summed E-state index contributed by atoms with van der Waals surface area (Å²) in [6, 6.07) is 18.5. The number of nitrogens with zero attached hydrogens (tertiary/aromatic N) is 2. The minimum Gasteiger partial charge on any atom is -0.396 e. The summed E-state index contributed by atoms with van der Waals surface area (Å²) in [5.41, 5.74) is 1.98. The Hall–Kier alpha value is -2.64. The number of aliphatic hydroxyl groups excluding tert-OH is 1. The van der Waals surface area contributed by atoms with E-state index in [1.807, 2.05) is 37.3 Å². The molecule has 0 aromatic heterocycles. The van der Waals surface area contributed by atoms with Crippen LogP contribution >= 0.6 is 0 Å². The highest BCUT2D eigenvalue weighted by Gasteiger charge is 2.18. The third kappa shape index (κ3) is 4.67. The molecule has 0 bridgehead atoms. The van der Waals surface area contributed by atoms with Gasteiger partial charge in [0.05, 0.1) is 11.6 Å². The topological polar surface area (TPSA) is 64.3 Å². The van der Waals surface area contributed by atoms with Crippen molar-refractivity contribution in [3.8, 4) is 6.07 Å². The highest BCUT2D eigenvalue weighted by Crippen LogP contribution is 2.13. The second kappa shape index (κ2) is 8.11. The molecule has 2 aromatic rings. The fourth-order valence-corrected chi connectivity index (χ4v) is 2.36. The van der Waals surface area contributed by atoms with Gasteiger partial charge in [-0.25, -0.2) is 0 Å². The van der Waals surface area contributed by atoms with E-state index in [-0.39, 0.29) is 18.4 Å². The molecule has 0 heterocycles. The number of nitriles is 1. The lowest BCUT2D eigenvalue weighted by molar-refractivity contribution is 0.0694. The second-order valence-electron chi connectivity index (χ2n) is 5.65. The summed E-state index contributed by atoms with van der Waals surface area (Å²) in [7, 11) is 0. The van der Waals surface area contributed by atoms with Gasteiger partial charge in [0.2, 0.25) is 0 Å². The van der Waals surface area contributed by atoms with Crippen molar-refractivity contribution in [3.05, 3.63) is 71.3 Å². The van der Waals surface area contributed by atoms with Gasteiger partial charge in [0.1, 0.15) is 0 Å². The lowest BCUT2D eigenvalue weighted by Crippen LogP contribution is -2.35. The Balaban J connectivity index is 2.24. The summed E-state index contributed by atoms with van der Waals surface area (Å²) < 4.78 is 0. The summed E-state index contributed by atoms with van der Waals surface area (Å²) in [6.07, 6.45) is 0. The zero-order valence-electron chi connectivity index (χ0n) is 13.1. The van der Waals surface area contributed by atoms with Gasteiger partial charge in [-0.05, 0) is 29.7 Å². The first-order valence-corrected chi connectivity index (χ1v) is 7.58. The van der Waals surface area contributed by atoms with E-state index in [0.29, 0.717) is 24.2 Å². The smallest absolute Gasteiger partial charge is 0.254 e. The zero-order valence-corrected chi connectivity index (χ0v) is 13.1. The highest BCUT2D eigenvalue weighted by atomic mass is 16.3. The van der Waals surface area contributed by atoms with Gasteiger partial charge in [0.25, 0.3) is 5.91 Å². The van der Waals surface area contributed by atoms with Crippen molar-refractivity contribution in [3.63, 3.8) is 0 Å². The van der Waals surface area contributed by atoms with Gasteiger partial charge in [0.15, 0.2) is 0 Å². The van der Waals surface area contributed by atoms with Crippen LogP contribution in [0.1, 0.15) is 28.4 Å². The first kappa shape index (κ1) is 16.7. The van der Waals surface area contributed by atoms with E-state index in [2.05, 4.69) is 6.07 Å². The minimum atomic E-state index is -0.133. The number of amides is 1. The third-order valence-electron chi connectivity index (χ3n) is 3.59. The normalized spacial score (nSPS) is 11.5. The number of rotatable bonds is 6. The fourth-order valence-electron chi connectivity index (χ4n) is 2.36. The maximum absolute atomic E-state index is 12.8. The van der Waals surface area contributed by atoms with Crippen LogP contribution in [0, 0.1) is 17.2 Å². The Morgan fingerprint density at radius 3 is 2.61 bits per heavy atom.